The number of carbonyl (C=O) groups is 1. The van der Waals surface area contributed by atoms with Gasteiger partial charge in [-0.25, -0.2) is 17.6 Å². The highest BCUT2D eigenvalue weighted by atomic mass is 32.2. The van der Waals surface area contributed by atoms with Crippen molar-refractivity contribution in [2.24, 2.45) is 0 Å². The van der Waals surface area contributed by atoms with Crippen molar-refractivity contribution >= 4 is 21.7 Å². The van der Waals surface area contributed by atoms with Gasteiger partial charge in [-0.1, -0.05) is 0 Å². The fourth-order valence-corrected chi connectivity index (χ4v) is 4.99. The molecule has 1 saturated heterocycles. The lowest BCUT2D eigenvalue weighted by molar-refractivity contribution is 0.0691. The van der Waals surface area contributed by atoms with E-state index in [1.54, 1.807) is 12.1 Å². The number of furan rings is 1. The second kappa shape index (κ2) is 6.73. The summed E-state index contributed by atoms with van der Waals surface area (Å²) in [5.41, 5.74) is 0.494. The van der Waals surface area contributed by atoms with Gasteiger partial charge >= 0.3 is 5.97 Å². The first-order valence-corrected chi connectivity index (χ1v) is 9.49. The predicted octanol–water partition coefficient (Wildman–Crippen LogP) is 2.24. The van der Waals surface area contributed by atoms with Crippen molar-refractivity contribution in [3.63, 3.8) is 0 Å². The average molecular weight is 382 g/mol. The van der Waals surface area contributed by atoms with Gasteiger partial charge in [-0.05, 0) is 38.1 Å². The number of halogens is 1. The highest BCUT2D eigenvalue weighted by Gasteiger charge is 2.36. The van der Waals surface area contributed by atoms with Gasteiger partial charge in [-0.15, -0.1) is 0 Å². The molecule has 0 bridgehead atoms. The van der Waals surface area contributed by atoms with E-state index in [9.17, 15) is 22.7 Å². The molecule has 26 heavy (non-hydrogen) atoms. The number of benzene rings is 1. The molecule has 1 N–H and O–H groups in total. The minimum absolute atomic E-state index is 0.0681. The van der Waals surface area contributed by atoms with E-state index in [2.05, 4.69) is 0 Å². The minimum Gasteiger partial charge on any atom is -0.478 e. The van der Waals surface area contributed by atoms with Crippen LogP contribution in [0.3, 0.4) is 0 Å². The van der Waals surface area contributed by atoms with Crippen molar-refractivity contribution in [2.45, 2.75) is 18.7 Å². The smallest absolute Gasteiger partial charge is 0.340 e. The third kappa shape index (κ3) is 3.19. The van der Waals surface area contributed by atoms with E-state index < -0.39 is 16.0 Å². The van der Waals surface area contributed by atoms with E-state index in [1.807, 2.05) is 4.90 Å². The molecule has 0 saturated carbocycles. The molecule has 0 unspecified atom stereocenters. The number of aromatic carboxylic acids is 1. The number of sulfonamides is 1. The van der Waals surface area contributed by atoms with Crippen molar-refractivity contribution in [1.29, 1.82) is 0 Å². The maximum absolute atomic E-state index is 13.0. The van der Waals surface area contributed by atoms with Crippen LogP contribution in [0.1, 0.15) is 21.9 Å². The van der Waals surface area contributed by atoms with E-state index in [4.69, 9.17) is 4.42 Å². The van der Waals surface area contributed by atoms with Crippen LogP contribution in [0.15, 0.2) is 33.6 Å². The quantitative estimate of drug-likeness (QED) is 0.872. The second-order valence-corrected chi connectivity index (χ2v) is 7.97. The SMILES string of the molecule is Cc1oc(C)c(S(=O)(=O)N2CCN(c3ccc(F)cc3)CC2)c1C(=O)O. The molecular weight excluding hydrogens is 363 g/mol. The Kier molecular flexibility index (Phi) is 4.76. The van der Waals surface area contributed by atoms with Crippen molar-refractivity contribution in [2.75, 3.05) is 31.1 Å². The largest absolute Gasteiger partial charge is 0.478 e. The first-order valence-electron chi connectivity index (χ1n) is 8.05. The van der Waals surface area contributed by atoms with Crippen LogP contribution < -0.4 is 4.90 Å². The molecule has 0 atom stereocenters. The van der Waals surface area contributed by atoms with E-state index in [0.29, 0.717) is 13.1 Å². The van der Waals surface area contributed by atoms with Crippen LogP contribution in [-0.4, -0.2) is 50.0 Å². The van der Waals surface area contributed by atoms with Gasteiger partial charge in [0, 0.05) is 31.9 Å². The molecule has 1 aliphatic rings. The fourth-order valence-electron chi connectivity index (χ4n) is 3.19. The lowest BCUT2D eigenvalue weighted by Gasteiger charge is -2.35. The standard InChI is InChI=1S/C17H19FN2O5S/c1-11-15(17(21)22)16(12(2)25-11)26(23,24)20-9-7-19(8-10-20)14-5-3-13(18)4-6-14/h3-6H,7-10H2,1-2H3,(H,21,22). The van der Waals surface area contributed by atoms with Gasteiger partial charge in [0.15, 0.2) is 0 Å². The topological polar surface area (TPSA) is 91.1 Å². The Labute approximate surface area is 150 Å². The van der Waals surface area contributed by atoms with E-state index >= 15 is 0 Å². The summed E-state index contributed by atoms with van der Waals surface area (Å²) in [6, 6.07) is 6.00. The van der Waals surface area contributed by atoms with Gasteiger partial charge in [0.1, 0.15) is 27.8 Å². The molecular formula is C17H19FN2O5S. The molecule has 2 aromatic rings. The zero-order chi connectivity index (χ0) is 19.1. The van der Waals surface area contributed by atoms with Crippen molar-refractivity contribution in [1.82, 2.24) is 4.31 Å². The number of hydrogen-bond donors (Lipinski definition) is 1. The van der Waals surface area contributed by atoms with Crippen LogP contribution in [0.4, 0.5) is 10.1 Å². The van der Waals surface area contributed by atoms with E-state index in [-0.39, 0.29) is 40.9 Å². The fraction of sp³-hybridized carbons (Fsp3) is 0.353. The predicted molar refractivity (Wildman–Crippen MR) is 92.5 cm³/mol. The molecule has 1 aliphatic heterocycles. The van der Waals surface area contributed by atoms with E-state index in [1.165, 1.54) is 30.3 Å². The summed E-state index contributed by atoms with van der Waals surface area (Å²) in [6.45, 7) is 4.11. The minimum atomic E-state index is -3.99. The molecule has 0 amide bonds. The van der Waals surface area contributed by atoms with Crippen LogP contribution in [0, 0.1) is 19.7 Å². The summed E-state index contributed by atoms with van der Waals surface area (Å²) in [5.74, 6) is -1.52. The van der Waals surface area contributed by atoms with Crippen LogP contribution in [-0.2, 0) is 10.0 Å². The van der Waals surface area contributed by atoms with Gasteiger partial charge in [0.05, 0.1) is 0 Å². The normalized spacial score (nSPS) is 16.0. The van der Waals surface area contributed by atoms with Crippen molar-refractivity contribution in [3.05, 3.63) is 47.2 Å². The number of carboxylic acid groups (broad SMARTS) is 1. The van der Waals surface area contributed by atoms with Crippen LogP contribution in [0.5, 0.6) is 0 Å². The Bertz CT molecular complexity index is 929. The molecule has 1 aromatic heterocycles. The zero-order valence-electron chi connectivity index (χ0n) is 14.4. The van der Waals surface area contributed by atoms with Crippen molar-refractivity contribution < 1.29 is 27.1 Å². The molecule has 1 fully saturated rings. The molecule has 1 aromatic carbocycles. The Hall–Kier alpha value is -2.39. The highest BCUT2D eigenvalue weighted by Crippen LogP contribution is 2.30. The second-order valence-electron chi connectivity index (χ2n) is 6.09. The van der Waals surface area contributed by atoms with Gasteiger partial charge in [-0.2, -0.15) is 4.31 Å². The van der Waals surface area contributed by atoms with Gasteiger partial charge < -0.3 is 14.4 Å². The summed E-state index contributed by atoms with van der Waals surface area (Å²) < 4.78 is 45.5. The first kappa shape index (κ1) is 18.4. The summed E-state index contributed by atoms with van der Waals surface area (Å²) in [5, 5.41) is 9.35. The highest BCUT2D eigenvalue weighted by molar-refractivity contribution is 7.89. The van der Waals surface area contributed by atoms with E-state index in [0.717, 1.165) is 5.69 Å². The summed E-state index contributed by atoms with van der Waals surface area (Å²) in [4.78, 5) is 13.1. The maximum Gasteiger partial charge on any atom is 0.340 e. The number of carboxylic acids is 1. The molecule has 0 aliphatic carbocycles. The number of hydrogen-bond acceptors (Lipinski definition) is 5. The summed E-state index contributed by atoms with van der Waals surface area (Å²) in [6.07, 6.45) is 0. The Morgan fingerprint density at radius 3 is 2.19 bits per heavy atom. The lowest BCUT2D eigenvalue weighted by atomic mass is 10.2. The number of rotatable bonds is 4. The lowest BCUT2D eigenvalue weighted by Crippen LogP contribution is -2.48. The molecule has 9 heteroatoms. The van der Waals surface area contributed by atoms with Crippen LogP contribution >= 0.6 is 0 Å². The molecule has 140 valence electrons. The third-order valence-electron chi connectivity index (χ3n) is 4.45. The maximum atomic E-state index is 13.0. The number of piperazine rings is 1. The molecule has 7 nitrogen and oxygen atoms in total. The van der Waals surface area contributed by atoms with Gasteiger partial charge in [0.25, 0.3) is 0 Å². The van der Waals surface area contributed by atoms with Crippen LogP contribution in [0.25, 0.3) is 0 Å². The number of aryl methyl sites for hydroxylation is 2. The molecule has 2 heterocycles. The summed E-state index contributed by atoms with van der Waals surface area (Å²) in [7, 11) is -3.99. The zero-order valence-corrected chi connectivity index (χ0v) is 15.2. The third-order valence-corrected chi connectivity index (χ3v) is 6.50. The number of nitrogens with zero attached hydrogens (tertiary/aromatic N) is 2. The average Bonchev–Trinajstić information content (AvgIpc) is 2.90. The monoisotopic (exact) mass is 382 g/mol. The Balaban J connectivity index is 1.83. The van der Waals surface area contributed by atoms with Gasteiger partial charge in [-0.3, -0.25) is 0 Å². The van der Waals surface area contributed by atoms with Crippen molar-refractivity contribution in [3.8, 4) is 0 Å². The summed E-state index contributed by atoms with van der Waals surface area (Å²) >= 11 is 0. The number of anilines is 1. The molecule has 0 spiro atoms. The Morgan fingerprint density at radius 1 is 1.08 bits per heavy atom. The van der Waals surface area contributed by atoms with Crippen LogP contribution in [0.2, 0.25) is 0 Å². The molecule has 3 rings (SSSR count). The Morgan fingerprint density at radius 2 is 1.65 bits per heavy atom. The first-order chi connectivity index (χ1) is 12.2. The van der Waals surface area contributed by atoms with Gasteiger partial charge in [0.2, 0.25) is 10.0 Å². The molecule has 0 radical (unpaired) electrons.